The van der Waals surface area contributed by atoms with Crippen LogP contribution in [0.25, 0.3) is 12.2 Å². The Bertz CT molecular complexity index is 1020. The largest absolute Gasteiger partial charge is 0.504 e. The summed E-state index contributed by atoms with van der Waals surface area (Å²) in [6.07, 6.45) is 6.08. The van der Waals surface area contributed by atoms with E-state index >= 15 is 0 Å². The molecule has 0 amide bonds. The fourth-order valence-electron chi connectivity index (χ4n) is 2.57. The number of carbonyl (C=O) groups excluding carboxylic acids is 1. The first-order valence-corrected chi connectivity index (χ1v) is 8.22. The lowest BCUT2D eigenvalue weighted by Crippen LogP contribution is -1.93. The lowest BCUT2D eigenvalue weighted by Gasteiger charge is -2.07. The van der Waals surface area contributed by atoms with Gasteiger partial charge in [0, 0.05) is 6.08 Å². The Hall–Kier alpha value is -3.87. The van der Waals surface area contributed by atoms with E-state index in [4.69, 9.17) is 14.2 Å². The highest BCUT2D eigenvalue weighted by atomic mass is 16.5. The van der Waals surface area contributed by atoms with Crippen molar-refractivity contribution in [1.82, 2.24) is 0 Å². The van der Waals surface area contributed by atoms with Crippen LogP contribution in [0.4, 0.5) is 0 Å². The number of carbonyl (C=O) groups is 1. The van der Waals surface area contributed by atoms with Gasteiger partial charge in [0.2, 0.25) is 11.5 Å². The lowest BCUT2D eigenvalue weighted by molar-refractivity contribution is -0.112. The van der Waals surface area contributed by atoms with Crippen LogP contribution >= 0.6 is 0 Å². The lowest BCUT2D eigenvalue weighted by atomic mass is 10.1. The molecule has 28 heavy (non-hydrogen) atoms. The maximum atomic E-state index is 12.2. The molecule has 0 fully saturated rings. The van der Waals surface area contributed by atoms with Crippen LogP contribution < -0.4 is 9.47 Å². The Morgan fingerprint density at radius 1 is 0.893 bits per heavy atom. The zero-order valence-corrected chi connectivity index (χ0v) is 15.2. The summed E-state index contributed by atoms with van der Waals surface area (Å²) in [6.45, 7) is 0. The molecular formula is C21H18O7. The van der Waals surface area contributed by atoms with Gasteiger partial charge in [0.1, 0.15) is 5.76 Å². The number of phenolic OH excluding ortho intramolecular Hbond substituents is 3. The third-order valence-corrected chi connectivity index (χ3v) is 3.98. The Morgan fingerprint density at radius 2 is 1.61 bits per heavy atom. The molecule has 0 saturated carbocycles. The molecule has 2 aromatic carbocycles. The van der Waals surface area contributed by atoms with Crippen molar-refractivity contribution in [3.63, 3.8) is 0 Å². The van der Waals surface area contributed by atoms with E-state index < -0.39 is 0 Å². The van der Waals surface area contributed by atoms with E-state index in [1.54, 1.807) is 24.3 Å². The molecule has 0 unspecified atom stereocenters. The van der Waals surface area contributed by atoms with Crippen molar-refractivity contribution >= 4 is 17.9 Å². The molecule has 3 N–H and O–H groups in total. The fourth-order valence-corrected chi connectivity index (χ4v) is 2.57. The molecule has 144 valence electrons. The normalized spacial score (nSPS) is 15.0. The van der Waals surface area contributed by atoms with Gasteiger partial charge in [-0.3, -0.25) is 4.79 Å². The summed E-state index contributed by atoms with van der Waals surface area (Å²) in [7, 11) is 2.81. The number of hydrogen-bond acceptors (Lipinski definition) is 7. The molecule has 0 bridgehead atoms. The van der Waals surface area contributed by atoms with Gasteiger partial charge in [-0.05, 0) is 47.5 Å². The smallest absolute Gasteiger partial charge is 0.224 e. The average molecular weight is 382 g/mol. The minimum Gasteiger partial charge on any atom is -0.504 e. The maximum absolute atomic E-state index is 12.2. The van der Waals surface area contributed by atoms with Crippen molar-refractivity contribution in [1.29, 1.82) is 0 Å². The Morgan fingerprint density at radius 3 is 2.32 bits per heavy atom. The first-order chi connectivity index (χ1) is 13.4. The summed E-state index contributed by atoms with van der Waals surface area (Å²) in [5.41, 5.74) is 1.18. The maximum Gasteiger partial charge on any atom is 0.224 e. The molecule has 7 nitrogen and oxygen atoms in total. The number of benzene rings is 2. The van der Waals surface area contributed by atoms with E-state index in [2.05, 4.69) is 0 Å². The summed E-state index contributed by atoms with van der Waals surface area (Å²) in [5, 5.41) is 29.0. The van der Waals surface area contributed by atoms with Crippen LogP contribution in [0.1, 0.15) is 11.1 Å². The highest BCUT2D eigenvalue weighted by Gasteiger charge is 2.20. The molecule has 2 aromatic rings. The van der Waals surface area contributed by atoms with E-state index in [1.807, 2.05) is 0 Å². The molecule has 0 atom stereocenters. The summed E-state index contributed by atoms with van der Waals surface area (Å²) in [5.74, 6) is -0.250. The van der Waals surface area contributed by atoms with E-state index in [1.165, 1.54) is 44.6 Å². The van der Waals surface area contributed by atoms with Crippen molar-refractivity contribution in [2.24, 2.45) is 0 Å². The molecule has 0 radical (unpaired) electrons. The third kappa shape index (κ3) is 3.93. The molecule has 0 spiro atoms. The number of ketones is 1. The molecule has 0 aliphatic carbocycles. The number of phenols is 3. The van der Waals surface area contributed by atoms with Gasteiger partial charge in [-0.2, -0.15) is 0 Å². The van der Waals surface area contributed by atoms with Gasteiger partial charge in [-0.1, -0.05) is 12.1 Å². The third-order valence-electron chi connectivity index (χ3n) is 3.98. The van der Waals surface area contributed by atoms with Crippen molar-refractivity contribution in [3.05, 3.63) is 65.1 Å². The minimum absolute atomic E-state index is 0.0314. The summed E-state index contributed by atoms with van der Waals surface area (Å²) >= 11 is 0. The van der Waals surface area contributed by atoms with Crippen LogP contribution in [0.3, 0.4) is 0 Å². The average Bonchev–Trinajstić information content (AvgIpc) is 3.03. The van der Waals surface area contributed by atoms with Crippen molar-refractivity contribution in [3.8, 4) is 28.7 Å². The standard InChI is InChI=1S/C21H18O7/c1-26-18-8-12(4-6-15(18)22)3-5-14-11-16(23)19(28-14)9-13-7-17(24)21(25)20(10-13)27-2/h3-11,22,24-25H,1-2H3/b5-3+,19-9-. The fraction of sp³-hybridized carbons (Fsp3) is 0.0952. The highest BCUT2D eigenvalue weighted by molar-refractivity contribution is 6.08. The Labute approximate surface area is 161 Å². The van der Waals surface area contributed by atoms with Crippen molar-refractivity contribution < 1.29 is 34.3 Å². The zero-order valence-electron chi connectivity index (χ0n) is 15.2. The summed E-state index contributed by atoms with van der Waals surface area (Å²) < 4.78 is 15.6. The molecule has 1 aliphatic rings. The van der Waals surface area contributed by atoms with Crippen LogP contribution in [-0.4, -0.2) is 35.3 Å². The number of methoxy groups -OCH3 is 2. The van der Waals surface area contributed by atoms with Crippen molar-refractivity contribution in [2.75, 3.05) is 14.2 Å². The molecule has 0 saturated heterocycles. The van der Waals surface area contributed by atoms with Crippen LogP contribution in [-0.2, 0) is 9.53 Å². The van der Waals surface area contributed by atoms with Crippen molar-refractivity contribution in [2.45, 2.75) is 0 Å². The first kappa shape index (κ1) is 18.9. The van der Waals surface area contributed by atoms with Gasteiger partial charge in [-0.15, -0.1) is 0 Å². The van der Waals surface area contributed by atoms with Gasteiger partial charge in [0.05, 0.1) is 14.2 Å². The Balaban J connectivity index is 1.79. The van der Waals surface area contributed by atoms with Gasteiger partial charge >= 0.3 is 0 Å². The highest BCUT2D eigenvalue weighted by Crippen LogP contribution is 2.37. The molecule has 1 aliphatic heterocycles. The van der Waals surface area contributed by atoms with Gasteiger partial charge in [-0.25, -0.2) is 0 Å². The van der Waals surface area contributed by atoms with Crippen LogP contribution in [0.5, 0.6) is 28.7 Å². The van der Waals surface area contributed by atoms with E-state index in [-0.39, 0.29) is 34.5 Å². The van der Waals surface area contributed by atoms with Crippen LogP contribution in [0.2, 0.25) is 0 Å². The number of aromatic hydroxyl groups is 3. The van der Waals surface area contributed by atoms with Crippen LogP contribution in [0.15, 0.2) is 54.0 Å². The van der Waals surface area contributed by atoms with Gasteiger partial charge in [0.25, 0.3) is 0 Å². The predicted molar refractivity (Wildman–Crippen MR) is 102 cm³/mol. The molecule has 0 aromatic heterocycles. The zero-order chi connectivity index (χ0) is 20.3. The molecular weight excluding hydrogens is 364 g/mol. The second-order valence-corrected chi connectivity index (χ2v) is 5.88. The number of ether oxygens (including phenoxy) is 3. The predicted octanol–water partition coefficient (Wildman–Crippen LogP) is 3.36. The Kier molecular flexibility index (Phi) is 5.26. The van der Waals surface area contributed by atoms with E-state index in [0.29, 0.717) is 17.1 Å². The van der Waals surface area contributed by atoms with E-state index in [9.17, 15) is 20.1 Å². The minimum atomic E-state index is -0.380. The topological polar surface area (TPSA) is 105 Å². The molecule has 3 rings (SSSR count). The van der Waals surface area contributed by atoms with Crippen LogP contribution in [0, 0.1) is 0 Å². The van der Waals surface area contributed by atoms with Gasteiger partial charge < -0.3 is 29.5 Å². The molecule has 7 heteroatoms. The number of allylic oxidation sites excluding steroid dienone is 2. The second-order valence-electron chi connectivity index (χ2n) is 5.88. The number of rotatable bonds is 5. The first-order valence-electron chi connectivity index (χ1n) is 8.22. The second kappa shape index (κ2) is 7.79. The monoisotopic (exact) mass is 382 g/mol. The van der Waals surface area contributed by atoms with Gasteiger partial charge in [0.15, 0.2) is 28.8 Å². The quantitative estimate of drug-likeness (QED) is 0.538. The summed E-state index contributed by atoms with van der Waals surface area (Å²) in [6, 6.07) is 7.59. The van der Waals surface area contributed by atoms with E-state index in [0.717, 1.165) is 5.56 Å². The summed E-state index contributed by atoms with van der Waals surface area (Å²) in [4.78, 5) is 12.2. The molecule has 1 heterocycles. The SMILES string of the molecule is COc1cc(/C=C/C2=CC(=O)/C(=C/c3cc(O)c(O)c(OC)c3)O2)ccc1O. The number of hydrogen-bond donors (Lipinski definition) is 3.